The Hall–Kier alpha value is -2.18. The number of hydrogen-bond donors (Lipinski definition) is 2. The fourth-order valence-corrected chi connectivity index (χ4v) is 3.09. The first kappa shape index (κ1) is 18.2. The van der Waals surface area contributed by atoms with E-state index >= 15 is 0 Å². The van der Waals surface area contributed by atoms with Gasteiger partial charge in [0.15, 0.2) is 0 Å². The van der Waals surface area contributed by atoms with Crippen LogP contribution in [0.15, 0.2) is 41.1 Å². The number of carbonyl (C=O) groups excluding carboxylic acids is 2. The minimum Gasteiger partial charge on any atom is -0.353 e. The average Bonchev–Trinajstić information content (AvgIpc) is 3.06. The summed E-state index contributed by atoms with van der Waals surface area (Å²) < 4.78 is 0. The molecule has 128 valence electrons. The van der Waals surface area contributed by atoms with Gasteiger partial charge in [-0.2, -0.15) is 11.3 Å². The van der Waals surface area contributed by atoms with Crippen LogP contribution in [-0.4, -0.2) is 43.9 Å². The first-order valence-corrected chi connectivity index (χ1v) is 8.71. The first-order valence-electron chi connectivity index (χ1n) is 7.77. The number of hydrogen-bond acceptors (Lipinski definition) is 4. The van der Waals surface area contributed by atoms with Gasteiger partial charge in [0.1, 0.15) is 0 Å². The van der Waals surface area contributed by atoms with Crippen molar-refractivity contribution in [1.82, 2.24) is 15.5 Å². The molecule has 0 bridgehead atoms. The van der Waals surface area contributed by atoms with E-state index in [9.17, 15) is 9.59 Å². The minimum absolute atomic E-state index is 0.0312. The van der Waals surface area contributed by atoms with Crippen LogP contribution in [0.2, 0.25) is 0 Å². The second kappa shape index (κ2) is 8.61. The predicted octanol–water partition coefficient (Wildman–Crippen LogP) is 2.21. The molecule has 5 nitrogen and oxygen atoms in total. The highest BCUT2D eigenvalue weighted by Gasteiger charge is 2.16. The number of aryl methyl sites for hydroxylation is 1. The van der Waals surface area contributed by atoms with Crippen molar-refractivity contribution in [2.75, 3.05) is 27.2 Å². The van der Waals surface area contributed by atoms with Gasteiger partial charge in [0, 0.05) is 12.1 Å². The van der Waals surface area contributed by atoms with E-state index in [-0.39, 0.29) is 24.4 Å². The minimum atomic E-state index is -0.240. The highest BCUT2D eigenvalue weighted by molar-refractivity contribution is 7.07. The predicted molar refractivity (Wildman–Crippen MR) is 97.3 cm³/mol. The quantitative estimate of drug-likeness (QED) is 0.809. The van der Waals surface area contributed by atoms with Crippen LogP contribution in [0.1, 0.15) is 27.5 Å². The molecule has 0 radical (unpaired) electrons. The van der Waals surface area contributed by atoms with Crippen LogP contribution in [-0.2, 0) is 4.79 Å². The Morgan fingerprint density at radius 2 is 2.00 bits per heavy atom. The zero-order valence-corrected chi connectivity index (χ0v) is 15.0. The second-order valence-corrected chi connectivity index (χ2v) is 6.67. The van der Waals surface area contributed by atoms with Crippen LogP contribution in [0.3, 0.4) is 0 Å². The maximum atomic E-state index is 12.0. The van der Waals surface area contributed by atoms with Gasteiger partial charge in [-0.3, -0.25) is 9.59 Å². The number of nitrogens with one attached hydrogen (secondary N) is 2. The fourth-order valence-electron chi connectivity index (χ4n) is 2.39. The molecule has 0 aliphatic heterocycles. The van der Waals surface area contributed by atoms with Crippen molar-refractivity contribution in [1.29, 1.82) is 0 Å². The summed E-state index contributed by atoms with van der Waals surface area (Å²) in [6.07, 6.45) is 0. The second-order valence-electron chi connectivity index (χ2n) is 5.89. The van der Waals surface area contributed by atoms with Crippen molar-refractivity contribution in [3.63, 3.8) is 0 Å². The SMILES string of the molecule is Cc1cccc(C(=O)NCC(=O)NCC(c2ccsc2)N(C)C)c1. The summed E-state index contributed by atoms with van der Waals surface area (Å²) in [5.74, 6) is -0.436. The molecule has 1 unspecified atom stereocenters. The number of benzene rings is 1. The van der Waals surface area contributed by atoms with Crippen LogP contribution < -0.4 is 10.6 Å². The Bertz CT molecular complexity index is 683. The summed E-state index contributed by atoms with van der Waals surface area (Å²) in [4.78, 5) is 26.1. The van der Waals surface area contributed by atoms with Crippen LogP contribution >= 0.6 is 11.3 Å². The molecule has 0 aliphatic rings. The molecule has 1 aromatic heterocycles. The van der Waals surface area contributed by atoms with Crippen molar-refractivity contribution in [2.45, 2.75) is 13.0 Å². The van der Waals surface area contributed by atoms with E-state index in [1.165, 1.54) is 5.56 Å². The van der Waals surface area contributed by atoms with E-state index in [0.29, 0.717) is 12.1 Å². The highest BCUT2D eigenvalue weighted by Crippen LogP contribution is 2.19. The third-order valence-electron chi connectivity index (χ3n) is 3.73. The summed E-state index contributed by atoms with van der Waals surface area (Å²) in [5.41, 5.74) is 2.75. The number of rotatable bonds is 7. The lowest BCUT2D eigenvalue weighted by Crippen LogP contribution is -2.40. The Morgan fingerprint density at radius 1 is 1.21 bits per heavy atom. The highest BCUT2D eigenvalue weighted by atomic mass is 32.1. The normalized spacial score (nSPS) is 12.0. The number of thiophene rings is 1. The van der Waals surface area contributed by atoms with Gasteiger partial charge in [-0.1, -0.05) is 17.7 Å². The van der Waals surface area contributed by atoms with Crippen LogP contribution in [0.4, 0.5) is 0 Å². The van der Waals surface area contributed by atoms with Crippen molar-refractivity contribution >= 4 is 23.2 Å². The zero-order chi connectivity index (χ0) is 17.5. The van der Waals surface area contributed by atoms with Gasteiger partial charge in [-0.05, 0) is 55.5 Å². The van der Waals surface area contributed by atoms with Crippen LogP contribution in [0.5, 0.6) is 0 Å². The number of amides is 2. The lowest BCUT2D eigenvalue weighted by atomic mass is 10.1. The Balaban J connectivity index is 1.81. The van der Waals surface area contributed by atoms with Gasteiger partial charge in [0.25, 0.3) is 5.91 Å². The molecule has 2 aromatic rings. The summed E-state index contributed by atoms with van der Waals surface area (Å²) in [5, 5.41) is 9.63. The van der Waals surface area contributed by atoms with Gasteiger partial charge < -0.3 is 15.5 Å². The van der Waals surface area contributed by atoms with Crippen molar-refractivity contribution < 1.29 is 9.59 Å². The third kappa shape index (κ3) is 5.18. The molecule has 0 saturated heterocycles. The van der Waals surface area contributed by atoms with E-state index < -0.39 is 0 Å². The molecule has 0 aliphatic carbocycles. The van der Waals surface area contributed by atoms with Crippen molar-refractivity contribution in [3.05, 3.63) is 57.8 Å². The Labute approximate surface area is 146 Å². The first-order chi connectivity index (χ1) is 11.5. The molecular weight excluding hydrogens is 322 g/mol. The van der Waals surface area contributed by atoms with Crippen LogP contribution in [0, 0.1) is 6.92 Å². The topological polar surface area (TPSA) is 61.4 Å². The van der Waals surface area contributed by atoms with Crippen molar-refractivity contribution in [2.24, 2.45) is 0 Å². The molecule has 2 rings (SSSR count). The third-order valence-corrected chi connectivity index (χ3v) is 4.44. The maximum Gasteiger partial charge on any atom is 0.251 e. The van der Waals surface area contributed by atoms with Crippen LogP contribution in [0.25, 0.3) is 0 Å². The van der Waals surface area contributed by atoms with E-state index in [0.717, 1.165) is 5.56 Å². The molecule has 0 saturated carbocycles. The molecule has 0 spiro atoms. The number of likely N-dealkylation sites (N-methyl/N-ethyl adjacent to an activating group) is 1. The van der Waals surface area contributed by atoms with Crippen molar-refractivity contribution in [3.8, 4) is 0 Å². The molecule has 1 aromatic carbocycles. The molecule has 0 fully saturated rings. The molecule has 6 heteroatoms. The largest absolute Gasteiger partial charge is 0.353 e. The van der Waals surface area contributed by atoms with Gasteiger partial charge in [-0.25, -0.2) is 0 Å². The van der Waals surface area contributed by atoms with E-state index in [1.807, 2.05) is 38.5 Å². The Morgan fingerprint density at radius 3 is 2.62 bits per heavy atom. The zero-order valence-electron chi connectivity index (χ0n) is 14.2. The molecule has 2 N–H and O–H groups in total. The molecule has 2 amide bonds. The molecule has 24 heavy (non-hydrogen) atoms. The summed E-state index contributed by atoms with van der Waals surface area (Å²) in [6.45, 7) is 2.40. The van der Waals surface area contributed by atoms with Gasteiger partial charge >= 0.3 is 0 Å². The molecule has 1 atom stereocenters. The fraction of sp³-hybridized carbons (Fsp3) is 0.333. The summed E-state index contributed by atoms with van der Waals surface area (Å²) >= 11 is 1.64. The molecule has 1 heterocycles. The van der Waals surface area contributed by atoms with Gasteiger partial charge in [0.05, 0.1) is 12.6 Å². The number of nitrogens with zero attached hydrogens (tertiary/aromatic N) is 1. The molecular formula is C18H23N3O2S. The lowest BCUT2D eigenvalue weighted by molar-refractivity contribution is -0.120. The lowest BCUT2D eigenvalue weighted by Gasteiger charge is -2.24. The maximum absolute atomic E-state index is 12.0. The van der Waals surface area contributed by atoms with E-state index in [4.69, 9.17) is 0 Å². The summed E-state index contributed by atoms with van der Waals surface area (Å²) in [6, 6.07) is 9.46. The standard InChI is InChI=1S/C18H23N3O2S/c1-13-5-4-6-14(9-13)18(23)20-11-17(22)19-10-16(21(2)3)15-7-8-24-12-15/h4-9,12,16H,10-11H2,1-3H3,(H,19,22)(H,20,23). The van der Waals surface area contributed by atoms with Gasteiger partial charge in [0.2, 0.25) is 5.91 Å². The van der Waals surface area contributed by atoms with E-state index in [2.05, 4.69) is 27.0 Å². The van der Waals surface area contributed by atoms with Gasteiger partial charge in [-0.15, -0.1) is 0 Å². The number of carbonyl (C=O) groups is 2. The van der Waals surface area contributed by atoms with E-state index in [1.54, 1.807) is 23.5 Å². The monoisotopic (exact) mass is 345 g/mol. The Kier molecular flexibility index (Phi) is 6.52. The summed E-state index contributed by atoms with van der Waals surface area (Å²) in [7, 11) is 3.96. The average molecular weight is 345 g/mol. The smallest absolute Gasteiger partial charge is 0.251 e.